The van der Waals surface area contributed by atoms with Gasteiger partial charge in [-0.1, -0.05) is 44.2 Å². The van der Waals surface area contributed by atoms with Gasteiger partial charge in [-0.05, 0) is 44.8 Å². The summed E-state index contributed by atoms with van der Waals surface area (Å²) in [6.45, 7) is 9.14. The molecule has 25 heavy (non-hydrogen) atoms. The fraction of sp³-hybridized carbons (Fsp3) is 0.650. The van der Waals surface area contributed by atoms with Crippen LogP contribution in [0.3, 0.4) is 0 Å². The lowest BCUT2D eigenvalue weighted by Crippen LogP contribution is -2.55. The van der Waals surface area contributed by atoms with Gasteiger partial charge in [-0.15, -0.1) is 0 Å². The van der Waals surface area contributed by atoms with Gasteiger partial charge in [0.2, 0.25) is 0 Å². The van der Waals surface area contributed by atoms with Crippen LogP contribution in [0.15, 0.2) is 30.3 Å². The van der Waals surface area contributed by atoms with E-state index < -0.39 is 0 Å². The summed E-state index contributed by atoms with van der Waals surface area (Å²) < 4.78 is 11.2. The van der Waals surface area contributed by atoms with Crippen LogP contribution in [0, 0.1) is 0 Å². The number of nitrogens with zero attached hydrogens (tertiary/aromatic N) is 1. The first-order valence-corrected chi connectivity index (χ1v) is 9.50. The highest BCUT2D eigenvalue weighted by molar-refractivity contribution is 5.67. The second-order valence-electron chi connectivity index (χ2n) is 6.49. The van der Waals surface area contributed by atoms with Crippen LogP contribution in [0.2, 0.25) is 0 Å². The van der Waals surface area contributed by atoms with Gasteiger partial charge in [-0.3, -0.25) is 4.90 Å². The molecule has 0 spiro atoms. The number of ether oxygens (including phenoxy) is 2. The number of amides is 1. The SMILES string of the molecule is CCOC(=O)N[C@H]1CC[C@H](OCc2ccccc2)C[C@@H]1N(CC)CC. The van der Waals surface area contributed by atoms with E-state index in [1.807, 2.05) is 25.1 Å². The van der Waals surface area contributed by atoms with Crippen molar-refractivity contribution in [3.05, 3.63) is 35.9 Å². The van der Waals surface area contributed by atoms with Crippen molar-refractivity contribution in [1.82, 2.24) is 10.2 Å². The van der Waals surface area contributed by atoms with Crippen molar-refractivity contribution in [2.45, 2.75) is 64.8 Å². The molecule has 0 saturated heterocycles. The van der Waals surface area contributed by atoms with E-state index in [9.17, 15) is 4.79 Å². The van der Waals surface area contributed by atoms with Gasteiger partial charge in [-0.2, -0.15) is 0 Å². The molecule has 0 aliphatic heterocycles. The van der Waals surface area contributed by atoms with Crippen LogP contribution in [0.4, 0.5) is 4.79 Å². The number of carbonyl (C=O) groups is 1. The summed E-state index contributed by atoms with van der Waals surface area (Å²) >= 11 is 0. The van der Waals surface area contributed by atoms with Gasteiger partial charge in [0.25, 0.3) is 0 Å². The normalized spacial score (nSPS) is 23.4. The molecule has 1 amide bonds. The second kappa shape index (κ2) is 10.4. The fourth-order valence-electron chi connectivity index (χ4n) is 3.64. The van der Waals surface area contributed by atoms with Crippen molar-refractivity contribution >= 4 is 6.09 Å². The fourth-order valence-corrected chi connectivity index (χ4v) is 3.64. The Morgan fingerprint density at radius 2 is 1.88 bits per heavy atom. The smallest absolute Gasteiger partial charge is 0.407 e. The molecule has 1 aromatic rings. The Morgan fingerprint density at radius 3 is 2.52 bits per heavy atom. The summed E-state index contributed by atoms with van der Waals surface area (Å²) in [5.74, 6) is 0. The van der Waals surface area contributed by atoms with Crippen molar-refractivity contribution in [1.29, 1.82) is 0 Å². The first-order chi connectivity index (χ1) is 12.2. The quantitative estimate of drug-likeness (QED) is 0.780. The van der Waals surface area contributed by atoms with Crippen LogP contribution in [-0.2, 0) is 16.1 Å². The largest absolute Gasteiger partial charge is 0.450 e. The van der Waals surface area contributed by atoms with Crippen molar-refractivity contribution in [2.75, 3.05) is 19.7 Å². The third kappa shape index (κ3) is 6.01. The number of likely N-dealkylation sites (N-methyl/N-ethyl adjacent to an activating group) is 1. The molecule has 1 fully saturated rings. The molecule has 2 rings (SSSR count). The van der Waals surface area contributed by atoms with E-state index in [4.69, 9.17) is 9.47 Å². The van der Waals surface area contributed by atoms with Gasteiger partial charge >= 0.3 is 6.09 Å². The number of hydrogen-bond donors (Lipinski definition) is 1. The lowest BCUT2D eigenvalue weighted by molar-refractivity contribution is -0.0196. The Balaban J connectivity index is 1.95. The van der Waals surface area contributed by atoms with Crippen molar-refractivity contribution < 1.29 is 14.3 Å². The van der Waals surface area contributed by atoms with E-state index in [0.717, 1.165) is 32.4 Å². The maximum absolute atomic E-state index is 11.9. The maximum atomic E-state index is 11.9. The minimum Gasteiger partial charge on any atom is -0.450 e. The summed E-state index contributed by atoms with van der Waals surface area (Å²) in [6, 6.07) is 10.7. The molecule has 140 valence electrons. The minimum atomic E-state index is -0.312. The van der Waals surface area contributed by atoms with Crippen LogP contribution in [0.1, 0.15) is 45.6 Å². The summed E-state index contributed by atoms with van der Waals surface area (Å²) in [5.41, 5.74) is 1.20. The molecule has 0 aromatic heterocycles. The van der Waals surface area contributed by atoms with Gasteiger partial charge in [0.1, 0.15) is 0 Å². The molecule has 0 bridgehead atoms. The summed E-state index contributed by atoms with van der Waals surface area (Å²) in [6.07, 6.45) is 2.73. The van der Waals surface area contributed by atoms with Crippen molar-refractivity contribution in [2.24, 2.45) is 0 Å². The molecule has 1 aliphatic carbocycles. The highest BCUT2D eigenvalue weighted by Crippen LogP contribution is 2.26. The lowest BCUT2D eigenvalue weighted by Gasteiger charge is -2.42. The number of rotatable bonds is 8. The molecule has 0 unspecified atom stereocenters. The molecular formula is C20H32N2O3. The van der Waals surface area contributed by atoms with E-state index in [1.54, 1.807) is 0 Å². The molecule has 1 aliphatic rings. The molecule has 0 radical (unpaired) electrons. The van der Waals surface area contributed by atoms with Crippen LogP contribution in [-0.4, -0.2) is 48.9 Å². The van der Waals surface area contributed by atoms with Gasteiger partial charge in [0, 0.05) is 12.1 Å². The van der Waals surface area contributed by atoms with Crippen LogP contribution < -0.4 is 5.32 Å². The number of carbonyl (C=O) groups excluding carboxylic acids is 1. The Morgan fingerprint density at radius 1 is 1.16 bits per heavy atom. The molecule has 0 heterocycles. The average molecular weight is 348 g/mol. The number of nitrogens with one attached hydrogen (secondary N) is 1. The number of alkyl carbamates (subject to hydrolysis) is 1. The highest BCUT2D eigenvalue weighted by atomic mass is 16.5. The Kier molecular flexibility index (Phi) is 8.22. The molecule has 5 heteroatoms. The molecule has 1 saturated carbocycles. The van der Waals surface area contributed by atoms with E-state index >= 15 is 0 Å². The van der Waals surface area contributed by atoms with E-state index in [1.165, 1.54) is 5.56 Å². The molecule has 3 atom stereocenters. The lowest BCUT2D eigenvalue weighted by atomic mass is 9.87. The molecule has 1 N–H and O–H groups in total. The highest BCUT2D eigenvalue weighted by Gasteiger charge is 2.35. The van der Waals surface area contributed by atoms with Crippen LogP contribution in [0.25, 0.3) is 0 Å². The Hall–Kier alpha value is -1.59. The number of hydrogen-bond acceptors (Lipinski definition) is 4. The topological polar surface area (TPSA) is 50.8 Å². The summed E-state index contributed by atoms with van der Waals surface area (Å²) in [7, 11) is 0. The second-order valence-corrected chi connectivity index (χ2v) is 6.49. The standard InChI is InChI=1S/C20H32N2O3/c1-4-22(5-2)19-14-17(25-15-16-10-8-7-9-11-16)12-13-18(19)21-20(23)24-6-3/h7-11,17-19H,4-6,12-15H2,1-3H3,(H,21,23)/t17-,18-,19-/m0/s1. The Bertz CT molecular complexity index is 505. The predicted octanol–water partition coefficient (Wildman–Crippen LogP) is 3.58. The molecule has 5 nitrogen and oxygen atoms in total. The number of benzene rings is 1. The van der Waals surface area contributed by atoms with E-state index in [2.05, 4.69) is 36.2 Å². The van der Waals surface area contributed by atoms with Gasteiger partial charge in [-0.25, -0.2) is 4.79 Å². The minimum absolute atomic E-state index is 0.121. The zero-order valence-corrected chi connectivity index (χ0v) is 15.7. The van der Waals surface area contributed by atoms with Crippen LogP contribution in [0.5, 0.6) is 0 Å². The monoisotopic (exact) mass is 348 g/mol. The predicted molar refractivity (Wildman–Crippen MR) is 99.5 cm³/mol. The first-order valence-electron chi connectivity index (χ1n) is 9.50. The van der Waals surface area contributed by atoms with Crippen molar-refractivity contribution in [3.8, 4) is 0 Å². The Labute approximate surface area is 151 Å². The third-order valence-corrected chi connectivity index (χ3v) is 4.96. The third-order valence-electron chi connectivity index (χ3n) is 4.96. The van der Waals surface area contributed by atoms with Gasteiger partial charge < -0.3 is 14.8 Å². The zero-order valence-electron chi connectivity index (χ0n) is 15.7. The molecule has 1 aromatic carbocycles. The van der Waals surface area contributed by atoms with Crippen LogP contribution >= 0.6 is 0 Å². The summed E-state index contributed by atoms with van der Waals surface area (Å²) in [5, 5.41) is 3.05. The van der Waals surface area contributed by atoms with Gasteiger partial charge in [0.05, 0.1) is 19.3 Å². The van der Waals surface area contributed by atoms with Crippen molar-refractivity contribution in [3.63, 3.8) is 0 Å². The zero-order chi connectivity index (χ0) is 18.1. The van der Waals surface area contributed by atoms with Gasteiger partial charge in [0.15, 0.2) is 0 Å². The summed E-state index contributed by atoms with van der Waals surface area (Å²) in [4.78, 5) is 14.3. The van der Waals surface area contributed by atoms with E-state index in [0.29, 0.717) is 13.2 Å². The van der Waals surface area contributed by atoms with E-state index in [-0.39, 0.29) is 24.3 Å². The maximum Gasteiger partial charge on any atom is 0.407 e. The molecular weight excluding hydrogens is 316 g/mol. The first kappa shape index (κ1) is 19.7. The average Bonchev–Trinajstić information content (AvgIpc) is 2.63.